The van der Waals surface area contributed by atoms with Crippen molar-refractivity contribution in [2.24, 2.45) is 0 Å². The molecule has 1 amide bonds. The second-order valence-electron chi connectivity index (χ2n) is 3.44. The van der Waals surface area contributed by atoms with Gasteiger partial charge >= 0.3 is 0 Å². The summed E-state index contributed by atoms with van der Waals surface area (Å²) in [6, 6.07) is 3.41. The minimum absolute atomic E-state index is 0.0935. The Morgan fingerprint density at radius 3 is 2.87 bits per heavy atom. The Morgan fingerprint density at radius 1 is 1.53 bits per heavy atom. The van der Waals surface area contributed by atoms with Gasteiger partial charge in [-0.1, -0.05) is 11.6 Å². The van der Waals surface area contributed by atoms with Crippen LogP contribution in [0.2, 0.25) is 5.02 Å². The maximum atomic E-state index is 11.6. The number of hydrogen-bond acceptors (Lipinski definition) is 2. The zero-order valence-electron chi connectivity index (χ0n) is 8.41. The second-order valence-corrected chi connectivity index (χ2v) is 3.84. The lowest BCUT2D eigenvalue weighted by Crippen LogP contribution is -2.21. The molecule has 0 aliphatic rings. The molecule has 78 valence electrons. The third-order valence-corrected chi connectivity index (χ3v) is 2.44. The van der Waals surface area contributed by atoms with Gasteiger partial charge in [0.1, 0.15) is 11.3 Å². The van der Waals surface area contributed by atoms with Gasteiger partial charge in [0, 0.05) is 25.7 Å². The van der Waals surface area contributed by atoms with Gasteiger partial charge in [-0.2, -0.15) is 0 Å². The van der Waals surface area contributed by atoms with E-state index >= 15 is 0 Å². The number of H-pyrrole nitrogens is 1. The number of nitrogens with zero attached hydrogens (tertiary/aromatic N) is 2. The first kappa shape index (κ1) is 9.98. The van der Waals surface area contributed by atoms with Crippen LogP contribution in [0.5, 0.6) is 0 Å². The number of aromatic amines is 1. The van der Waals surface area contributed by atoms with E-state index in [1.165, 1.54) is 4.90 Å². The lowest BCUT2D eigenvalue weighted by Gasteiger charge is -2.07. The van der Waals surface area contributed by atoms with Gasteiger partial charge in [0.25, 0.3) is 5.91 Å². The average Bonchev–Trinajstić information content (AvgIpc) is 2.61. The highest BCUT2D eigenvalue weighted by molar-refractivity contribution is 6.35. The molecule has 0 saturated carbocycles. The van der Waals surface area contributed by atoms with Gasteiger partial charge < -0.3 is 9.88 Å². The van der Waals surface area contributed by atoms with Crippen LogP contribution in [-0.4, -0.2) is 34.9 Å². The SMILES string of the molecule is CN(C)C(=O)c1cc2c(Cl)ccnc2[nH]1. The molecule has 0 radical (unpaired) electrons. The Kier molecular flexibility index (Phi) is 2.36. The summed E-state index contributed by atoms with van der Waals surface area (Å²) in [7, 11) is 3.39. The molecule has 0 unspecified atom stereocenters. The number of rotatable bonds is 1. The van der Waals surface area contributed by atoms with Crippen molar-refractivity contribution in [2.75, 3.05) is 14.1 Å². The summed E-state index contributed by atoms with van der Waals surface area (Å²) in [5, 5.41) is 1.36. The number of amides is 1. The number of pyridine rings is 1. The highest BCUT2D eigenvalue weighted by atomic mass is 35.5. The molecule has 0 bridgehead atoms. The Morgan fingerprint density at radius 2 is 2.27 bits per heavy atom. The molecule has 0 aromatic carbocycles. The highest BCUT2D eigenvalue weighted by Gasteiger charge is 2.12. The lowest BCUT2D eigenvalue weighted by atomic mass is 10.3. The van der Waals surface area contributed by atoms with E-state index in [1.807, 2.05) is 0 Å². The van der Waals surface area contributed by atoms with E-state index < -0.39 is 0 Å². The molecular formula is C10H10ClN3O. The standard InChI is InChI=1S/C10H10ClN3O/c1-14(2)10(15)8-5-6-7(11)3-4-12-9(6)13-8/h3-5H,1-2H3,(H,12,13). The van der Waals surface area contributed by atoms with Gasteiger partial charge in [-0.05, 0) is 12.1 Å². The zero-order valence-corrected chi connectivity index (χ0v) is 9.17. The smallest absolute Gasteiger partial charge is 0.269 e. The van der Waals surface area contributed by atoms with E-state index in [1.54, 1.807) is 32.4 Å². The third-order valence-electron chi connectivity index (χ3n) is 2.12. The molecule has 4 nitrogen and oxygen atoms in total. The molecule has 2 aromatic heterocycles. The zero-order chi connectivity index (χ0) is 11.0. The fraction of sp³-hybridized carbons (Fsp3) is 0.200. The maximum Gasteiger partial charge on any atom is 0.269 e. The molecule has 2 rings (SSSR count). The van der Waals surface area contributed by atoms with E-state index in [0.29, 0.717) is 16.4 Å². The van der Waals surface area contributed by atoms with Crippen LogP contribution in [0.1, 0.15) is 10.5 Å². The molecule has 2 heterocycles. The predicted molar refractivity (Wildman–Crippen MR) is 59.1 cm³/mol. The summed E-state index contributed by atoms with van der Waals surface area (Å²) >= 11 is 5.97. The predicted octanol–water partition coefficient (Wildman–Crippen LogP) is 1.92. The first-order valence-electron chi connectivity index (χ1n) is 4.44. The fourth-order valence-electron chi connectivity index (χ4n) is 1.35. The molecule has 0 spiro atoms. The molecule has 0 fully saturated rings. The average molecular weight is 224 g/mol. The van der Waals surface area contributed by atoms with E-state index in [2.05, 4.69) is 9.97 Å². The summed E-state index contributed by atoms with van der Waals surface area (Å²) in [6.45, 7) is 0. The van der Waals surface area contributed by atoms with E-state index in [0.717, 1.165) is 5.39 Å². The van der Waals surface area contributed by atoms with Crippen molar-refractivity contribution in [1.29, 1.82) is 0 Å². The van der Waals surface area contributed by atoms with Crippen LogP contribution in [-0.2, 0) is 0 Å². The number of aromatic nitrogens is 2. The molecule has 15 heavy (non-hydrogen) atoms. The summed E-state index contributed by atoms with van der Waals surface area (Å²) in [5.41, 5.74) is 1.13. The van der Waals surface area contributed by atoms with Crippen molar-refractivity contribution in [3.8, 4) is 0 Å². The Bertz CT molecular complexity index is 518. The summed E-state index contributed by atoms with van der Waals surface area (Å²) in [4.78, 5) is 20.2. The van der Waals surface area contributed by atoms with Crippen LogP contribution >= 0.6 is 11.6 Å². The number of fused-ring (bicyclic) bond motifs is 1. The number of hydrogen-bond donors (Lipinski definition) is 1. The van der Waals surface area contributed by atoms with Crippen molar-refractivity contribution in [2.45, 2.75) is 0 Å². The normalized spacial score (nSPS) is 10.6. The molecule has 0 aliphatic carbocycles. The van der Waals surface area contributed by atoms with Crippen molar-refractivity contribution in [1.82, 2.24) is 14.9 Å². The number of carbonyl (C=O) groups is 1. The highest BCUT2D eigenvalue weighted by Crippen LogP contribution is 2.22. The minimum Gasteiger partial charge on any atom is -0.344 e. The van der Waals surface area contributed by atoms with Gasteiger partial charge in [-0.25, -0.2) is 4.98 Å². The van der Waals surface area contributed by atoms with Gasteiger partial charge in [0.15, 0.2) is 0 Å². The van der Waals surface area contributed by atoms with Crippen LogP contribution in [0.15, 0.2) is 18.3 Å². The molecule has 2 aromatic rings. The van der Waals surface area contributed by atoms with Crippen LogP contribution in [0.3, 0.4) is 0 Å². The van der Waals surface area contributed by atoms with Crippen molar-refractivity contribution < 1.29 is 4.79 Å². The van der Waals surface area contributed by atoms with E-state index in [4.69, 9.17) is 11.6 Å². The summed E-state index contributed by atoms with van der Waals surface area (Å²) in [6.07, 6.45) is 1.60. The Balaban J connectivity index is 2.57. The lowest BCUT2D eigenvalue weighted by molar-refractivity contribution is 0.0823. The fourth-order valence-corrected chi connectivity index (χ4v) is 1.55. The van der Waals surface area contributed by atoms with E-state index in [9.17, 15) is 4.79 Å². The second kappa shape index (κ2) is 3.55. The number of nitrogens with one attached hydrogen (secondary N) is 1. The molecule has 1 N–H and O–H groups in total. The number of halogens is 1. The maximum absolute atomic E-state index is 11.6. The monoisotopic (exact) mass is 223 g/mol. The summed E-state index contributed by atoms with van der Waals surface area (Å²) in [5.74, 6) is -0.0935. The van der Waals surface area contributed by atoms with Crippen LogP contribution < -0.4 is 0 Å². The number of carbonyl (C=O) groups excluding carboxylic acids is 1. The molecule has 5 heteroatoms. The van der Waals surface area contributed by atoms with Crippen LogP contribution in [0, 0.1) is 0 Å². The van der Waals surface area contributed by atoms with Crippen molar-refractivity contribution in [3.05, 3.63) is 29.0 Å². The van der Waals surface area contributed by atoms with Crippen molar-refractivity contribution >= 4 is 28.5 Å². The topological polar surface area (TPSA) is 49.0 Å². The van der Waals surface area contributed by atoms with Gasteiger partial charge in [0.2, 0.25) is 0 Å². The van der Waals surface area contributed by atoms with Gasteiger partial charge in [-0.3, -0.25) is 4.79 Å². The van der Waals surface area contributed by atoms with Crippen LogP contribution in [0.25, 0.3) is 11.0 Å². The first-order valence-corrected chi connectivity index (χ1v) is 4.82. The van der Waals surface area contributed by atoms with Crippen LogP contribution in [0.4, 0.5) is 0 Å². The van der Waals surface area contributed by atoms with Gasteiger partial charge in [-0.15, -0.1) is 0 Å². The quantitative estimate of drug-likeness (QED) is 0.803. The summed E-state index contributed by atoms with van der Waals surface area (Å²) < 4.78 is 0. The first-order chi connectivity index (χ1) is 7.09. The Labute approximate surface area is 91.9 Å². The molecule has 0 saturated heterocycles. The third kappa shape index (κ3) is 1.68. The molecule has 0 aliphatic heterocycles. The molecular weight excluding hydrogens is 214 g/mol. The largest absolute Gasteiger partial charge is 0.344 e. The van der Waals surface area contributed by atoms with Crippen molar-refractivity contribution in [3.63, 3.8) is 0 Å². The Hall–Kier alpha value is -1.55. The van der Waals surface area contributed by atoms with E-state index in [-0.39, 0.29) is 5.91 Å². The minimum atomic E-state index is -0.0935. The van der Waals surface area contributed by atoms with Gasteiger partial charge in [0.05, 0.1) is 5.02 Å². The molecule has 0 atom stereocenters.